The van der Waals surface area contributed by atoms with Gasteiger partial charge in [0.2, 0.25) is 0 Å². The summed E-state index contributed by atoms with van der Waals surface area (Å²) in [5.41, 5.74) is 1.69. The monoisotopic (exact) mass is 193 g/mol. The van der Waals surface area contributed by atoms with E-state index in [9.17, 15) is 4.79 Å². The summed E-state index contributed by atoms with van der Waals surface area (Å²) in [6.07, 6.45) is 0. The third-order valence-electron chi connectivity index (χ3n) is 1.84. The first-order chi connectivity index (χ1) is 6.77. The summed E-state index contributed by atoms with van der Waals surface area (Å²) in [7, 11) is 1.64. The van der Waals surface area contributed by atoms with Crippen molar-refractivity contribution < 1.29 is 9.53 Å². The van der Waals surface area contributed by atoms with Crippen molar-refractivity contribution in [2.45, 2.75) is 13.5 Å². The molecular weight excluding hydrogens is 178 g/mol. The predicted octanol–water partition coefficient (Wildman–Crippen LogP) is 1.58. The third kappa shape index (κ3) is 2.85. The summed E-state index contributed by atoms with van der Waals surface area (Å²) in [5, 5.41) is 2.75. The molecule has 0 aliphatic rings. The summed E-state index contributed by atoms with van der Waals surface area (Å²) in [6, 6.07) is 7.43. The van der Waals surface area contributed by atoms with Crippen molar-refractivity contribution in [3.05, 3.63) is 35.4 Å². The van der Waals surface area contributed by atoms with Gasteiger partial charge in [-0.1, -0.05) is 12.1 Å². The maximum atomic E-state index is 11.4. The Morgan fingerprint density at radius 2 is 2.29 bits per heavy atom. The van der Waals surface area contributed by atoms with Crippen molar-refractivity contribution in [1.29, 1.82) is 0 Å². The van der Waals surface area contributed by atoms with Crippen LogP contribution in [0.3, 0.4) is 0 Å². The minimum atomic E-state index is -0.0366. The second-order valence-electron chi connectivity index (χ2n) is 2.99. The molecule has 0 spiro atoms. The fraction of sp³-hybridized carbons (Fsp3) is 0.364. The van der Waals surface area contributed by atoms with Crippen LogP contribution in [0.2, 0.25) is 0 Å². The lowest BCUT2D eigenvalue weighted by Gasteiger charge is -2.04. The highest BCUT2D eigenvalue weighted by atomic mass is 16.5. The van der Waals surface area contributed by atoms with Gasteiger partial charge >= 0.3 is 0 Å². The lowest BCUT2D eigenvalue weighted by atomic mass is 10.1. The Labute approximate surface area is 84.1 Å². The Morgan fingerprint density at radius 3 is 2.93 bits per heavy atom. The van der Waals surface area contributed by atoms with E-state index in [1.54, 1.807) is 13.2 Å². The van der Waals surface area contributed by atoms with Crippen molar-refractivity contribution in [2.24, 2.45) is 0 Å². The molecule has 0 unspecified atom stereocenters. The molecule has 3 heteroatoms. The maximum Gasteiger partial charge on any atom is 0.251 e. The lowest BCUT2D eigenvalue weighted by Crippen LogP contribution is -2.22. The van der Waals surface area contributed by atoms with E-state index in [-0.39, 0.29) is 5.91 Å². The molecule has 0 fully saturated rings. The van der Waals surface area contributed by atoms with E-state index < -0.39 is 0 Å². The van der Waals surface area contributed by atoms with Gasteiger partial charge in [-0.25, -0.2) is 0 Å². The van der Waals surface area contributed by atoms with Gasteiger partial charge < -0.3 is 10.1 Å². The summed E-state index contributed by atoms with van der Waals surface area (Å²) in [4.78, 5) is 11.4. The number of nitrogens with one attached hydrogen (secondary N) is 1. The number of carbonyl (C=O) groups is 1. The molecule has 1 amide bonds. The Bertz CT molecular complexity index is 310. The number of amides is 1. The van der Waals surface area contributed by atoms with Crippen LogP contribution in [0.5, 0.6) is 0 Å². The second-order valence-corrected chi connectivity index (χ2v) is 2.99. The molecule has 14 heavy (non-hydrogen) atoms. The van der Waals surface area contributed by atoms with Crippen molar-refractivity contribution in [3.8, 4) is 0 Å². The summed E-state index contributed by atoms with van der Waals surface area (Å²) in [5.74, 6) is -0.0366. The molecule has 0 atom stereocenters. The van der Waals surface area contributed by atoms with E-state index in [2.05, 4.69) is 5.32 Å². The fourth-order valence-corrected chi connectivity index (χ4v) is 1.23. The Morgan fingerprint density at radius 1 is 1.50 bits per heavy atom. The first kappa shape index (κ1) is 10.7. The average Bonchev–Trinajstić information content (AvgIpc) is 2.19. The van der Waals surface area contributed by atoms with Crippen LogP contribution in [0.25, 0.3) is 0 Å². The number of rotatable bonds is 4. The van der Waals surface area contributed by atoms with E-state index in [0.717, 1.165) is 5.56 Å². The number of hydrogen-bond donors (Lipinski definition) is 1. The van der Waals surface area contributed by atoms with Gasteiger partial charge in [-0.2, -0.15) is 0 Å². The normalized spacial score (nSPS) is 9.86. The van der Waals surface area contributed by atoms with E-state index in [1.807, 2.05) is 25.1 Å². The van der Waals surface area contributed by atoms with Crippen molar-refractivity contribution in [1.82, 2.24) is 5.32 Å². The standard InChI is InChI=1S/C11H15NO2/c1-3-12-11(13)10-6-4-5-9(7-10)8-14-2/h4-7H,3,8H2,1-2H3,(H,12,13). The number of benzene rings is 1. The van der Waals surface area contributed by atoms with Gasteiger partial charge in [0.1, 0.15) is 0 Å². The van der Waals surface area contributed by atoms with Crippen molar-refractivity contribution in [3.63, 3.8) is 0 Å². The van der Waals surface area contributed by atoms with E-state index >= 15 is 0 Å². The summed E-state index contributed by atoms with van der Waals surface area (Å²) in [6.45, 7) is 3.08. The van der Waals surface area contributed by atoms with Crippen LogP contribution in [-0.2, 0) is 11.3 Å². The molecule has 0 saturated carbocycles. The van der Waals surface area contributed by atoms with Crippen LogP contribution < -0.4 is 5.32 Å². The molecule has 1 aromatic carbocycles. The van der Waals surface area contributed by atoms with Gasteiger partial charge in [-0.15, -0.1) is 0 Å². The molecular formula is C11H15NO2. The van der Waals surface area contributed by atoms with Gasteiger partial charge in [-0.3, -0.25) is 4.79 Å². The molecule has 1 aromatic rings. The predicted molar refractivity (Wildman–Crippen MR) is 55.2 cm³/mol. The molecule has 76 valence electrons. The molecule has 0 heterocycles. The second kappa shape index (κ2) is 5.40. The number of carbonyl (C=O) groups excluding carboxylic acids is 1. The quantitative estimate of drug-likeness (QED) is 0.788. The smallest absolute Gasteiger partial charge is 0.251 e. The Hall–Kier alpha value is -1.35. The highest BCUT2D eigenvalue weighted by Gasteiger charge is 2.03. The van der Waals surface area contributed by atoms with Crippen LogP contribution in [-0.4, -0.2) is 19.6 Å². The number of ether oxygens (including phenoxy) is 1. The molecule has 0 aliphatic carbocycles. The van der Waals surface area contributed by atoms with Gasteiger partial charge in [0, 0.05) is 19.2 Å². The van der Waals surface area contributed by atoms with Crippen molar-refractivity contribution >= 4 is 5.91 Å². The van der Waals surface area contributed by atoms with E-state index in [0.29, 0.717) is 18.7 Å². The summed E-state index contributed by atoms with van der Waals surface area (Å²) < 4.78 is 4.99. The first-order valence-electron chi connectivity index (χ1n) is 4.64. The largest absolute Gasteiger partial charge is 0.380 e. The average molecular weight is 193 g/mol. The molecule has 0 aromatic heterocycles. The van der Waals surface area contributed by atoms with Crippen LogP contribution in [0.1, 0.15) is 22.8 Å². The fourth-order valence-electron chi connectivity index (χ4n) is 1.23. The molecule has 1 N–H and O–H groups in total. The Kier molecular flexibility index (Phi) is 4.13. The minimum Gasteiger partial charge on any atom is -0.380 e. The zero-order valence-corrected chi connectivity index (χ0v) is 8.54. The molecule has 3 nitrogen and oxygen atoms in total. The van der Waals surface area contributed by atoms with Crippen LogP contribution >= 0.6 is 0 Å². The minimum absolute atomic E-state index is 0.0366. The summed E-state index contributed by atoms with van der Waals surface area (Å²) >= 11 is 0. The molecule has 0 bridgehead atoms. The molecule has 0 saturated heterocycles. The number of hydrogen-bond acceptors (Lipinski definition) is 2. The molecule has 0 aliphatic heterocycles. The van der Waals surface area contributed by atoms with E-state index in [4.69, 9.17) is 4.74 Å². The zero-order valence-electron chi connectivity index (χ0n) is 8.54. The van der Waals surface area contributed by atoms with Gasteiger partial charge in [0.25, 0.3) is 5.91 Å². The van der Waals surface area contributed by atoms with Gasteiger partial charge in [-0.05, 0) is 24.6 Å². The van der Waals surface area contributed by atoms with Gasteiger partial charge in [0.15, 0.2) is 0 Å². The Balaban J connectivity index is 2.77. The molecule has 0 radical (unpaired) electrons. The van der Waals surface area contributed by atoms with E-state index in [1.165, 1.54) is 0 Å². The first-order valence-corrected chi connectivity index (χ1v) is 4.64. The molecule has 1 rings (SSSR count). The maximum absolute atomic E-state index is 11.4. The SMILES string of the molecule is CCNC(=O)c1cccc(COC)c1. The topological polar surface area (TPSA) is 38.3 Å². The lowest BCUT2D eigenvalue weighted by molar-refractivity contribution is 0.0955. The third-order valence-corrected chi connectivity index (χ3v) is 1.84. The van der Waals surface area contributed by atoms with Crippen LogP contribution in [0.15, 0.2) is 24.3 Å². The highest BCUT2D eigenvalue weighted by molar-refractivity contribution is 5.94. The number of methoxy groups -OCH3 is 1. The van der Waals surface area contributed by atoms with Crippen LogP contribution in [0, 0.1) is 0 Å². The van der Waals surface area contributed by atoms with Crippen molar-refractivity contribution in [2.75, 3.05) is 13.7 Å². The van der Waals surface area contributed by atoms with Crippen LogP contribution in [0.4, 0.5) is 0 Å². The highest BCUT2D eigenvalue weighted by Crippen LogP contribution is 2.06. The van der Waals surface area contributed by atoms with Gasteiger partial charge in [0.05, 0.1) is 6.61 Å². The zero-order chi connectivity index (χ0) is 10.4.